The van der Waals surface area contributed by atoms with Gasteiger partial charge in [-0.05, 0) is 20.8 Å². The van der Waals surface area contributed by atoms with Crippen LogP contribution in [0.2, 0.25) is 0 Å². The molecule has 4 heteroatoms. The quantitative estimate of drug-likeness (QED) is 0.635. The molecule has 2 nitrogen and oxygen atoms in total. The van der Waals surface area contributed by atoms with Crippen molar-refractivity contribution in [2.24, 2.45) is 5.92 Å². The van der Waals surface area contributed by atoms with Crippen LogP contribution >= 0.6 is 0 Å². The summed E-state index contributed by atoms with van der Waals surface area (Å²) in [5.41, 5.74) is -0.581. The van der Waals surface area contributed by atoms with Crippen molar-refractivity contribution < 1.29 is 18.3 Å². The first-order valence-electron chi connectivity index (χ1n) is 5.30. The zero-order chi connectivity index (χ0) is 12.3. The molecule has 0 amide bonds. The molecule has 0 spiro atoms. The molecule has 0 radical (unpaired) electrons. The highest BCUT2D eigenvalue weighted by Gasteiger charge is 2.50. The lowest BCUT2D eigenvalue weighted by Gasteiger charge is -2.34. The first kappa shape index (κ1) is 14.3. The Balaban J connectivity index is 0.000000921. The van der Waals surface area contributed by atoms with E-state index in [1.54, 1.807) is 20.8 Å². The zero-order valence-corrected chi connectivity index (χ0v) is 10.1. The van der Waals surface area contributed by atoms with Crippen molar-refractivity contribution in [3.05, 3.63) is 0 Å². The molecular weight excluding hydrogens is 202 g/mol. The van der Waals surface area contributed by atoms with E-state index in [2.05, 4.69) is 0 Å². The average molecular weight is 222 g/mol. The van der Waals surface area contributed by atoms with Crippen LogP contribution in [-0.2, 0) is 9.53 Å². The van der Waals surface area contributed by atoms with Gasteiger partial charge in [-0.3, -0.25) is 4.79 Å². The fourth-order valence-corrected chi connectivity index (χ4v) is 1.21. The first-order valence-corrected chi connectivity index (χ1v) is 5.30. The van der Waals surface area contributed by atoms with E-state index in [9.17, 15) is 13.6 Å². The van der Waals surface area contributed by atoms with Gasteiger partial charge in [-0.25, -0.2) is 8.78 Å². The maximum Gasteiger partial charge on any atom is 0.309 e. The summed E-state index contributed by atoms with van der Waals surface area (Å²) in [5, 5.41) is 0. The van der Waals surface area contributed by atoms with Gasteiger partial charge in [-0.15, -0.1) is 0 Å². The molecule has 90 valence electrons. The lowest BCUT2D eigenvalue weighted by molar-refractivity contribution is -0.181. The minimum Gasteiger partial charge on any atom is -0.460 e. The van der Waals surface area contributed by atoms with Crippen LogP contribution in [0.5, 0.6) is 0 Å². The normalized spacial score (nSPS) is 19.7. The molecule has 1 aliphatic carbocycles. The second kappa shape index (κ2) is 4.90. The predicted octanol–water partition coefficient (Wildman–Crippen LogP) is 3.40. The van der Waals surface area contributed by atoms with Crippen molar-refractivity contribution in [2.45, 2.75) is 59.0 Å². The fourth-order valence-electron chi connectivity index (χ4n) is 1.21. The van der Waals surface area contributed by atoms with Gasteiger partial charge in [-0.2, -0.15) is 0 Å². The SMILES string of the molecule is CC.CC(C)(C)OC(=O)C1CC(F)(F)C1. The monoisotopic (exact) mass is 222 g/mol. The summed E-state index contributed by atoms with van der Waals surface area (Å²) in [6, 6.07) is 0. The second-order valence-corrected chi connectivity index (χ2v) is 4.49. The van der Waals surface area contributed by atoms with Gasteiger partial charge in [0, 0.05) is 12.8 Å². The molecule has 0 unspecified atom stereocenters. The van der Waals surface area contributed by atoms with Gasteiger partial charge in [0.25, 0.3) is 0 Å². The summed E-state index contributed by atoms with van der Waals surface area (Å²) in [4.78, 5) is 11.2. The Morgan fingerprint density at radius 2 is 1.67 bits per heavy atom. The molecular formula is C11H20F2O2. The number of rotatable bonds is 1. The Labute approximate surface area is 90.0 Å². The number of alkyl halides is 2. The van der Waals surface area contributed by atoms with Crippen LogP contribution in [-0.4, -0.2) is 17.5 Å². The molecule has 0 atom stereocenters. The molecule has 0 N–H and O–H groups in total. The summed E-state index contributed by atoms with van der Waals surface area (Å²) in [6.45, 7) is 9.17. The Kier molecular flexibility index (Phi) is 4.68. The Morgan fingerprint density at radius 3 is 1.93 bits per heavy atom. The number of ether oxygens (including phenoxy) is 1. The molecule has 1 saturated carbocycles. The summed E-state index contributed by atoms with van der Waals surface area (Å²) >= 11 is 0. The highest BCUT2D eigenvalue weighted by Crippen LogP contribution is 2.43. The van der Waals surface area contributed by atoms with Crippen molar-refractivity contribution >= 4 is 5.97 Å². The number of carbonyl (C=O) groups is 1. The molecule has 1 fully saturated rings. The molecule has 15 heavy (non-hydrogen) atoms. The minimum absolute atomic E-state index is 0.359. The van der Waals surface area contributed by atoms with Crippen LogP contribution in [0.25, 0.3) is 0 Å². The van der Waals surface area contributed by atoms with Gasteiger partial charge in [0.1, 0.15) is 5.60 Å². The number of esters is 1. The molecule has 1 aliphatic rings. The summed E-state index contributed by atoms with van der Waals surface area (Å²) in [7, 11) is 0. The largest absolute Gasteiger partial charge is 0.460 e. The van der Waals surface area contributed by atoms with E-state index in [0.29, 0.717) is 0 Å². The third-order valence-corrected chi connectivity index (χ3v) is 1.83. The summed E-state index contributed by atoms with van der Waals surface area (Å²) in [6.07, 6.45) is -0.718. The molecule has 0 bridgehead atoms. The maximum atomic E-state index is 12.4. The topological polar surface area (TPSA) is 26.3 Å². The highest BCUT2D eigenvalue weighted by atomic mass is 19.3. The Bertz CT molecular complexity index is 211. The van der Waals surface area contributed by atoms with E-state index < -0.39 is 23.4 Å². The molecule has 0 aliphatic heterocycles. The highest BCUT2D eigenvalue weighted by molar-refractivity contribution is 5.74. The smallest absolute Gasteiger partial charge is 0.309 e. The number of halogens is 2. The van der Waals surface area contributed by atoms with Gasteiger partial charge >= 0.3 is 5.97 Å². The van der Waals surface area contributed by atoms with Gasteiger partial charge in [0.15, 0.2) is 0 Å². The molecule has 1 rings (SSSR count). The van der Waals surface area contributed by atoms with Gasteiger partial charge in [-0.1, -0.05) is 13.8 Å². The first-order chi connectivity index (χ1) is 6.70. The van der Waals surface area contributed by atoms with E-state index in [1.807, 2.05) is 13.8 Å². The van der Waals surface area contributed by atoms with E-state index in [-0.39, 0.29) is 12.8 Å². The minimum atomic E-state index is -2.65. The van der Waals surface area contributed by atoms with Gasteiger partial charge in [0.05, 0.1) is 5.92 Å². The second-order valence-electron chi connectivity index (χ2n) is 4.49. The molecule has 0 saturated heterocycles. The van der Waals surface area contributed by atoms with Crippen LogP contribution < -0.4 is 0 Å². The van der Waals surface area contributed by atoms with Crippen LogP contribution in [0.4, 0.5) is 8.78 Å². The zero-order valence-electron chi connectivity index (χ0n) is 10.1. The van der Waals surface area contributed by atoms with E-state index in [4.69, 9.17) is 4.74 Å². The van der Waals surface area contributed by atoms with E-state index in [0.717, 1.165) is 0 Å². The van der Waals surface area contributed by atoms with E-state index >= 15 is 0 Å². The third kappa shape index (κ3) is 5.09. The number of hydrogen-bond donors (Lipinski definition) is 0. The van der Waals surface area contributed by atoms with Crippen LogP contribution in [0, 0.1) is 5.92 Å². The summed E-state index contributed by atoms with van der Waals surface area (Å²) < 4.78 is 29.7. The number of hydrogen-bond acceptors (Lipinski definition) is 2. The Morgan fingerprint density at radius 1 is 1.27 bits per heavy atom. The van der Waals surface area contributed by atoms with Crippen molar-refractivity contribution in [1.29, 1.82) is 0 Å². The predicted molar refractivity (Wildman–Crippen MR) is 54.9 cm³/mol. The third-order valence-electron chi connectivity index (χ3n) is 1.83. The van der Waals surface area contributed by atoms with Crippen molar-refractivity contribution in [1.82, 2.24) is 0 Å². The van der Waals surface area contributed by atoms with Crippen LogP contribution in [0.1, 0.15) is 47.5 Å². The van der Waals surface area contributed by atoms with Crippen molar-refractivity contribution in [3.8, 4) is 0 Å². The van der Waals surface area contributed by atoms with Gasteiger partial charge < -0.3 is 4.74 Å². The maximum absolute atomic E-state index is 12.4. The standard InChI is InChI=1S/C9H14F2O2.C2H6/c1-8(2,3)13-7(12)6-4-9(10,11)5-6;1-2/h6H,4-5H2,1-3H3;1-2H3. The Hall–Kier alpha value is -0.670. The fraction of sp³-hybridized carbons (Fsp3) is 0.909. The van der Waals surface area contributed by atoms with Crippen LogP contribution in [0.15, 0.2) is 0 Å². The lowest BCUT2D eigenvalue weighted by atomic mass is 9.81. The molecule has 0 aromatic carbocycles. The van der Waals surface area contributed by atoms with Crippen molar-refractivity contribution in [3.63, 3.8) is 0 Å². The molecule has 0 aromatic rings. The average Bonchev–Trinajstić information content (AvgIpc) is 2.00. The van der Waals surface area contributed by atoms with Gasteiger partial charge in [0.2, 0.25) is 5.92 Å². The van der Waals surface area contributed by atoms with E-state index in [1.165, 1.54) is 0 Å². The number of carbonyl (C=O) groups excluding carboxylic acids is 1. The molecule has 0 aromatic heterocycles. The molecule has 0 heterocycles. The van der Waals surface area contributed by atoms with Crippen LogP contribution in [0.3, 0.4) is 0 Å². The summed E-state index contributed by atoms with van der Waals surface area (Å²) in [5.74, 6) is -3.76. The lowest BCUT2D eigenvalue weighted by Crippen LogP contribution is -2.42. The van der Waals surface area contributed by atoms with Crippen molar-refractivity contribution in [2.75, 3.05) is 0 Å².